The van der Waals surface area contributed by atoms with Crippen molar-refractivity contribution in [2.45, 2.75) is 32.2 Å². The van der Waals surface area contributed by atoms with Gasteiger partial charge in [0.15, 0.2) is 0 Å². The zero-order valence-electron chi connectivity index (χ0n) is 11.6. The molecule has 4 nitrogen and oxygen atoms in total. The Morgan fingerprint density at radius 2 is 2.05 bits per heavy atom. The summed E-state index contributed by atoms with van der Waals surface area (Å²) in [4.78, 5) is 16.2. The molecule has 0 saturated heterocycles. The van der Waals surface area contributed by atoms with E-state index in [0.717, 1.165) is 0 Å². The van der Waals surface area contributed by atoms with Crippen LogP contribution in [0.4, 0.5) is 4.39 Å². The van der Waals surface area contributed by atoms with Gasteiger partial charge in [0.1, 0.15) is 17.7 Å². The summed E-state index contributed by atoms with van der Waals surface area (Å²) >= 11 is 6.14. The number of fused-ring (bicyclic) bond motifs is 1. The van der Waals surface area contributed by atoms with Crippen molar-refractivity contribution < 1.29 is 9.18 Å². The number of halogens is 2. The summed E-state index contributed by atoms with van der Waals surface area (Å²) in [6.07, 6.45) is 0. The van der Waals surface area contributed by atoms with Gasteiger partial charge in [-0.1, -0.05) is 13.8 Å². The minimum atomic E-state index is -0.613. The molecule has 2 unspecified atom stereocenters. The lowest BCUT2D eigenvalue weighted by Gasteiger charge is -2.23. The second kappa shape index (κ2) is 5.40. The summed E-state index contributed by atoms with van der Waals surface area (Å²) in [5, 5.41) is -0.411. The molecule has 0 radical (unpaired) electrons. The fourth-order valence-corrected chi connectivity index (χ4v) is 2.57. The monoisotopic (exact) mass is 297 g/mol. The van der Waals surface area contributed by atoms with Gasteiger partial charge in [-0.25, -0.2) is 9.37 Å². The number of aromatic nitrogens is 2. The van der Waals surface area contributed by atoms with Crippen LogP contribution in [-0.2, 0) is 4.79 Å². The molecule has 2 rings (SSSR count). The van der Waals surface area contributed by atoms with Crippen LogP contribution in [0, 0.1) is 11.7 Å². The molecule has 0 bridgehead atoms. The number of nitrogens with two attached hydrogens (primary N) is 1. The molecule has 0 spiro atoms. The van der Waals surface area contributed by atoms with E-state index in [0.29, 0.717) is 16.9 Å². The number of imidazole rings is 1. The van der Waals surface area contributed by atoms with Gasteiger partial charge in [-0.05, 0) is 31.0 Å². The molecule has 2 aromatic rings. The molecule has 0 fully saturated rings. The maximum Gasteiger partial charge on any atom is 0.240 e. The molecular formula is C14H17ClFN3O. The van der Waals surface area contributed by atoms with E-state index in [4.69, 9.17) is 17.3 Å². The van der Waals surface area contributed by atoms with Crippen molar-refractivity contribution in [3.05, 3.63) is 29.8 Å². The summed E-state index contributed by atoms with van der Waals surface area (Å²) in [5.74, 6) is -0.409. The van der Waals surface area contributed by atoms with Gasteiger partial charge in [0, 0.05) is 0 Å². The molecule has 1 heterocycles. The van der Waals surface area contributed by atoms with E-state index in [1.54, 1.807) is 17.6 Å². The SMILES string of the molecule is CC(Cl)c1nc2ccc(F)cc2n1C(C(N)=O)C(C)C. The molecule has 1 aromatic carbocycles. The highest BCUT2D eigenvalue weighted by molar-refractivity contribution is 6.20. The van der Waals surface area contributed by atoms with Crippen LogP contribution in [0.15, 0.2) is 18.2 Å². The third-order valence-corrected chi connectivity index (χ3v) is 3.43. The average molecular weight is 298 g/mol. The van der Waals surface area contributed by atoms with Crippen molar-refractivity contribution in [2.24, 2.45) is 11.7 Å². The summed E-state index contributed by atoms with van der Waals surface area (Å²) < 4.78 is 15.2. The fraction of sp³-hybridized carbons (Fsp3) is 0.429. The van der Waals surface area contributed by atoms with E-state index in [1.807, 2.05) is 13.8 Å². The predicted molar refractivity (Wildman–Crippen MR) is 77.0 cm³/mol. The molecule has 1 amide bonds. The van der Waals surface area contributed by atoms with Crippen molar-refractivity contribution in [3.63, 3.8) is 0 Å². The number of carbonyl (C=O) groups excluding carboxylic acids is 1. The number of hydrogen-bond acceptors (Lipinski definition) is 2. The second-order valence-corrected chi connectivity index (χ2v) is 5.83. The van der Waals surface area contributed by atoms with Gasteiger partial charge in [-0.3, -0.25) is 4.79 Å². The topological polar surface area (TPSA) is 60.9 Å². The first-order valence-electron chi connectivity index (χ1n) is 6.43. The average Bonchev–Trinajstić information content (AvgIpc) is 2.67. The van der Waals surface area contributed by atoms with Crippen LogP contribution in [0.25, 0.3) is 11.0 Å². The Kier molecular flexibility index (Phi) is 3.99. The van der Waals surface area contributed by atoms with Gasteiger partial charge in [-0.2, -0.15) is 0 Å². The lowest BCUT2D eigenvalue weighted by atomic mass is 10.0. The Labute approximate surface area is 121 Å². The smallest absolute Gasteiger partial charge is 0.240 e. The number of amides is 1. The largest absolute Gasteiger partial charge is 0.368 e. The van der Waals surface area contributed by atoms with Gasteiger partial charge in [0.25, 0.3) is 0 Å². The van der Waals surface area contributed by atoms with E-state index in [-0.39, 0.29) is 11.7 Å². The van der Waals surface area contributed by atoms with E-state index in [9.17, 15) is 9.18 Å². The predicted octanol–water partition coefficient (Wildman–Crippen LogP) is 3.16. The zero-order chi connectivity index (χ0) is 15.0. The number of primary amides is 1. The van der Waals surface area contributed by atoms with Crippen LogP contribution in [-0.4, -0.2) is 15.5 Å². The first-order chi connectivity index (χ1) is 9.32. The quantitative estimate of drug-likeness (QED) is 0.881. The Morgan fingerprint density at radius 1 is 1.40 bits per heavy atom. The van der Waals surface area contributed by atoms with Crippen LogP contribution in [0.2, 0.25) is 0 Å². The highest BCUT2D eigenvalue weighted by Crippen LogP contribution is 2.31. The van der Waals surface area contributed by atoms with Gasteiger partial charge in [0.2, 0.25) is 5.91 Å². The second-order valence-electron chi connectivity index (χ2n) is 5.18. The Balaban J connectivity index is 2.79. The van der Waals surface area contributed by atoms with Gasteiger partial charge in [-0.15, -0.1) is 11.6 Å². The highest BCUT2D eigenvalue weighted by atomic mass is 35.5. The van der Waals surface area contributed by atoms with E-state index >= 15 is 0 Å². The number of carbonyl (C=O) groups is 1. The number of alkyl halides is 1. The first-order valence-corrected chi connectivity index (χ1v) is 6.87. The molecule has 1 aromatic heterocycles. The minimum absolute atomic E-state index is 0.0534. The summed E-state index contributed by atoms with van der Waals surface area (Å²) in [6.45, 7) is 5.51. The molecular weight excluding hydrogens is 281 g/mol. The number of hydrogen-bond donors (Lipinski definition) is 1. The standard InChI is InChI=1S/C14H17ClFN3O/c1-7(2)12(13(17)20)19-11-6-9(16)4-5-10(11)18-14(19)8(3)15/h4-8,12H,1-3H3,(H2,17,20). The minimum Gasteiger partial charge on any atom is -0.368 e. The van der Waals surface area contributed by atoms with Crippen molar-refractivity contribution >= 4 is 28.5 Å². The van der Waals surface area contributed by atoms with Crippen molar-refractivity contribution in [2.75, 3.05) is 0 Å². The molecule has 2 N–H and O–H groups in total. The normalized spacial score (nSPS) is 14.7. The van der Waals surface area contributed by atoms with Crippen molar-refractivity contribution in [1.29, 1.82) is 0 Å². The Morgan fingerprint density at radius 3 is 2.55 bits per heavy atom. The zero-order valence-corrected chi connectivity index (χ0v) is 12.4. The van der Waals surface area contributed by atoms with Gasteiger partial charge < -0.3 is 10.3 Å². The lowest BCUT2D eigenvalue weighted by Crippen LogP contribution is -2.31. The maximum atomic E-state index is 13.5. The van der Waals surface area contributed by atoms with Gasteiger partial charge >= 0.3 is 0 Å². The molecule has 0 saturated carbocycles. The molecule has 0 aliphatic heterocycles. The Bertz CT molecular complexity index is 651. The molecule has 6 heteroatoms. The Hall–Kier alpha value is -1.62. The third-order valence-electron chi connectivity index (χ3n) is 3.24. The summed E-state index contributed by atoms with van der Waals surface area (Å²) in [6, 6.07) is 3.64. The van der Waals surface area contributed by atoms with Gasteiger partial charge in [0.05, 0.1) is 16.4 Å². The highest BCUT2D eigenvalue weighted by Gasteiger charge is 2.28. The van der Waals surface area contributed by atoms with Crippen molar-refractivity contribution in [3.8, 4) is 0 Å². The lowest BCUT2D eigenvalue weighted by molar-refractivity contribution is -0.122. The van der Waals surface area contributed by atoms with Crippen LogP contribution in [0.1, 0.15) is 38.0 Å². The first kappa shape index (κ1) is 14.8. The fourth-order valence-electron chi connectivity index (χ4n) is 2.41. The number of nitrogens with zero attached hydrogens (tertiary/aromatic N) is 2. The van der Waals surface area contributed by atoms with E-state index < -0.39 is 17.3 Å². The van der Waals surface area contributed by atoms with E-state index in [2.05, 4.69) is 4.98 Å². The van der Waals surface area contributed by atoms with Crippen LogP contribution < -0.4 is 5.73 Å². The molecule has 108 valence electrons. The van der Waals surface area contributed by atoms with Crippen molar-refractivity contribution in [1.82, 2.24) is 9.55 Å². The maximum absolute atomic E-state index is 13.5. The molecule has 20 heavy (non-hydrogen) atoms. The molecule has 0 aliphatic carbocycles. The number of rotatable bonds is 4. The van der Waals surface area contributed by atoms with Crippen LogP contribution in [0.5, 0.6) is 0 Å². The summed E-state index contributed by atoms with van der Waals surface area (Å²) in [5.41, 5.74) is 6.63. The molecule has 2 atom stereocenters. The van der Waals surface area contributed by atoms with Crippen LogP contribution >= 0.6 is 11.6 Å². The van der Waals surface area contributed by atoms with Crippen LogP contribution in [0.3, 0.4) is 0 Å². The third kappa shape index (κ3) is 2.50. The molecule has 0 aliphatic rings. The summed E-state index contributed by atoms with van der Waals surface area (Å²) in [7, 11) is 0. The van der Waals surface area contributed by atoms with E-state index in [1.165, 1.54) is 12.1 Å². The number of benzene rings is 1.